The molecule has 0 saturated heterocycles. The number of rotatable bonds is 49. The molecule has 0 aromatic heterocycles. The van der Waals surface area contributed by atoms with Crippen molar-refractivity contribution < 1.29 is 28.6 Å². The van der Waals surface area contributed by atoms with Crippen molar-refractivity contribution in [3.63, 3.8) is 0 Å². The number of hydrogen-bond donors (Lipinski definition) is 0. The standard InChI is InChI=1S/C59H102O6/c1-4-7-10-13-16-19-22-25-28-30-32-34-37-40-43-46-49-52-58(61)64-55-56(54-63-57(60)51-48-45-42-39-36-33-27-24-21-18-15-12-9-6-3)65-59(62)53-50-47-44-41-38-35-31-29-26-23-20-17-14-11-8-5-2/h15-16,18-20,23-25,27-29,31,56H,4-14,17,21-22,26,30,32-55H2,1-3H3/b18-15-,19-16-,23-20-,27-24-,28-25-,31-29-. The molecule has 0 aliphatic carbocycles. The molecule has 0 aromatic rings. The van der Waals surface area contributed by atoms with E-state index >= 15 is 0 Å². The summed E-state index contributed by atoms with van der Waals surface area (Å²) in [4.78, 5) is 38.1. The van der Waals surface area contributed by atoms with Gasteiger partial charge in [0, 0.05) is 19.3 Å². The molecule has 0 radical (unpaired) electrons. The monoisotopic (exact) mass is 907 g/mol. The Labute approximate surface area is 402 Å². The molecular formula is C59H102O6. The van der Waals surface area contributed by atoms with Crippen molar-refractivity contribution in [1.29, 1.82) is 0 Å². The highest BCUT2D eigenvalue weighted by Gasteiger charge is 2.19. The van der Waals surface area contributed by atoms with E-state index in [-0.39, 0.29) is 31.1 Å². The van der Waals surface area contributed by atoms with Gasteiger partial charge in [-0.1, -0.05) is 209 Å². The Morgan fingerprint density at radius 1 is 0.308 bits per heavy atom. The van der Waals surface area contributed by atoms with E-state index in [1.54, 1.807) is 0 Å². The molecule has 6 nitrogen and oxygen atoms in total. The number of unbranched alkanes of at least 4 members (excludes halogenated alkanes) is 26. The fraction of sp³-hybridized carbons (Fsp3) is 0.746. The summed E-state index contributed by atoms with van der Waals surface area (Å²) >= 11 is 0. The molecule has 0 aromatic carbocycles. The highest BCUT2D eigenvalue weighted by atomic mass is 16.6. The Kier molecular flexibility index (Phi) is 50.9. The van der Waals surface area contributed by atoms with Crippen LogP contribution in [0.15, 0.2) is 72.9 Å². The lowest BCUT2D eigenvalue weighted by Crippen LogP contribution is -2.30. The molecule has 0 spiro atoms. The fourth-order valence-corrected chi connectivity index (χ4v) is 7.46. The zero-order chi connectivity index (χ0) is 47.2. The number of ether oxygens (including phenoxy) is 3. The van der Waals surface area contributed by atoms with E-state index < -0.39 is 6.10 Å². The Morgan fingerprint density at radius 2 is 0.569 bits per heavy atom. The van der Waals surface area contributed by atoms with Gasteiger partial charge in [-0.15, -0.1) is 0 Å². The van der Waals surface area contributed by atoms with Gasteiger partial charge in [0.25, 0.3) is 0 Å². The second kappa shape index (κ2) is 53.5. The zero-order valence-electron chi connectivity index (χ0n) is 42.7. The van der Waals surface area contributed by atoms with Crippen LogP contribution in [0.1, 0.15) is 265 Å². The van der Waals surface area contributed by atoms with E-state index in [1.165, 1.54) is 103 Å². The van der Waals surface area contributed by atoms with Crippen LogP contribution in [-0.2, 0) is 28.6 Å². The first-order valence-corrected chi connectivity index (χ1v) is 27.4. The highest BCUT2D eigenvalue weighted by Crippen LogP contribution is 2.14. The van der Waals surface area contributed by atoms with E-state index in [2.05, 4.69) is 93.7 Å². The van der Waals surface area contributed by atoms with Gasteiger partial charge in [0.15, 0.2) is 6.10 Å². The maximum Gasteiger partial charge on any atom is 0.306 e. The Balaban J connectivity index is 4.44. The van der Waals surface area contributed by atoms with Gasteiger partial charge in [0.05, 0.1) is 0 Å². The first-order valence-electron chi connectivity index (χ1n) is 27.4. The molecule has 1 unspecified atom stereocenters. The van der Waals surface area contributed by atoms with Crippen molar-refractivity contribution >= 4 is 17.9 Å². The third kappa shape index (κ3) is 51.7. The molecule has 0 rings (SSSR count). The lowest BCUT2D eigenvalue weighted by molar-refractivity contribution is -0.167. The minimum absolute atomic E-state index is 0.0899. The van der Waals surface area contributed by atoms with E-state index in [0.717, 1.165) is 122 Å². The van der Waals surface area contributed by atoms with Crippen molar-refractivity contribution in [3.8, 4) is 0 Å². The van der Waals surface area contributed by atoms with Crippen LogP contribution >= 0.6 is 0 Å². The second-order valence-corrected chi connectivity index (χ2v) is 18.1. The lowest BCUT2D eigenvalue weighted by Gasteiger charge is -2.18. The van der Waals surface area contributed by atoms with Crippen LogP contribution in [0, 0.1) is 0 Å². The normalized spacial score (nSPS) is 12.6. The maximum absolute atomic E-state index is 12.8. The first-order chi connectivity index (χ1) is 32.0. The molecule has 0 aliphatic heterocycles. The molecule has 0 aliphatic rings. The number of hydrogen-bond acceptors (Lipinski definition) is 6. The molecule has 0 fully saturated rings. The summed E-state index contributed by atoms with van der Waals surface area (Å²) in [6.45, 7) is 6.53. The van der Waals surface area contributed by atoms with E-state index in [9.17, 15) is 14.4 Å². The average Bonchev–Trinajstić information content (AvgIpc) is 3.30. The molecular weight excluding hydrogens is 805 g/mol. The minimum Gasteiger partial charge on any atom is -0.462 e. The molecule has 1 atom stereocenters. The zero-order valence-corrected chi connectivity index (χ0v) is 42.7. The second-order valence-electron chi connectivity index (χ2n) is 18.1. The van der Waals surface area contributed by atoms with Crippen LogP contribution in [0.4, 0.5) is 0 Å². The summed E-state index contributed by atoms with van der Waals surface area (Å²) in [7, 11) is 0. The van der Waals surface area contributed by atoms with E-state index in [0.29, 0.717) is 19.3 Å². The van der Waals surface area contributed by atoms with E-state index in [1.807, 2.05) is 0 Å². The summed E-state index contributed by atoms with van der Waals surface area (Å²) in [5.74, 6) is -0.921. The number of esters is 3. The van der Waals surface area contributed by atoms with Crippen LogP contribution in [0.5, 0.6) is 0 Å². The molecule has 0 heterocycles. The third-order valence-electron chi connectivity index (χ3n) is 11.7. The molecule has 0 N–H and O–H groups in total. The van der Waals surface area contributed by atoms with Gasteiger partial charge in [-0.05, 0) is 109 Å². The number of allylic oxidation sites excluding steroid dienone is 12. The molecule has 374 valence electrons. The SMILES string of the molecule is CCCC/C=C\C/C=C\CCCCCCCC(=O)OCC(COC(=O)CCCCCCCCC/C=C\C/C=C\CCCCC)OC(=O)CCCCCCC/C=C\C/C=C\CCCCCC. The summed E-state index contributed by atoms with van der Waals surface area (Å²) in [6.07, 6.45) is 67.3. The minimum atomic E-state index is -0.792. The van der Waals surface area contributed by atoms with Crippen molar-refractivity contribution in [2.24, 2.45) is 0 Å². The first kappa shape index (κ1) is 61.9. The molecule has 0 bridgehead atoms. The van der Waals surface area contributed by atoms with Gasteiger partial charge in [0.2, 0.25) is 0 Å². The lowest BCUT2D eigenvalue weighted by atomic mass is 10.1. The van der Waals surface area contributed by atoms with Gasteiger partial charge in [-0.2, -0.15) is 0 Å². The summed E-state index contributed by atoms with van der Waals surface area (Å²) < 4.78 is 16.8. The fourth-order valence-electron chi connectivity index (χ4n) is 7.46. The van der Waals surface area contributed by atoms with Gasteiger partial charge < -0.3 is 14.2 Å². The Morgan fingerprint density at radius 3 is 0.923 bits per heavy atom. The maximum atomic E-state index is 12.8. The molecule has 0 amide bonds. The molecule has 0 saturated carbocycles. The van der Waals surface area contributed by atoms with Crippen LogP contribution in [-0.4, -0.2) is 37.2 Å². The van der Waals surface area contributed by atoms with Crippen molar-refractivity contribution in [2.45, 2.75) is 271 Å². The van der Waals surface area contributed by atoms with Crippen molar-refractivity contribution in [3.05, 3.63) is 72.9 Å². The van der Waals surface area contributed by atoms with Crippen LogP contribution in [0.3, 0.4) is 0 Å². The average molecular weight is 907 g/mol. The van der Waals surface area contributed by atoms with E-state index in [4.69, 9.17) is 14.2 Å². The van der Waals surface area contributed by atoms with Crippen LogP contribution in [0.25, 0.3) is 0 Å². The largest absolute Gasteiger partial charge is 0.462 e. The third-order valence-corrected chi connectivity index (χ3v) is 11.7. The van der Waals surface area contributed by atoms with Crippen molar-refractivity contribution in [1.82, 2.24) is 0 Å². The van der Waals surface area contributed by atoms with Crippen LogP contribution < -0.4 is 0 Å². The predicted molar refractivity (Wildman–Crippen MR) is 279 cm³/mol. The van der Waals surface area contributed by atoms with Gasteiger partial charge in [0.1, 0.15) is 13.2 Å². The molecule has 65 heavy (non-hydrogen) atoms. The summed E-state index contributed by atoms with van der Waals surface area (Å²) in [5.41, 5.74) is 0. The smallest absolute Gasteiger partial charge is 0.306 e. The molecule has 6 heteroatoms. The summed E-state index contributed by atoms with van der Waals surface area (Å²) in [5, 5.41) is 0. The number of carbonyl (C=O) groups excluding carboxylic acids is 3. The predicted octanol–water partition coefficient (Wildman–Crippen LogP) is 18.2. The van der Waals surface area contributed by atoms with Gasteiger partial charge in [-0.25, -0.2) is 0 Å². The van der Waals surface area contributed by atoms with Gasteiger partial charge >= 0.3 is 17.9 Å². The van der Waals surface area contributed by atoms with Crippen molar-refractivity contribution in [2.75, 3.05) is 13.2 Å². The Bertz CT molecular complexity index is 1230. The van der Waals surface area contributed by atoms with Crippen LogP contribution in [0.2, 0.25) is 0 Å². The summed E-state index contributed by atoms with van der Waals surface area (Å²) in [6, 6.07) is 0. The number of carbonyl (C=O) groups is 3. The van der Waals surface area contributed by atoms with Gasteiger partial charge in [-0.3, -0.25) is 14.4 Å². The topological polar surface area (TPSA) is 78.9 Å². The highest BCUT2D eigenvalue weighted by molar-refractivity contribution is 5.71. The Hall–Kier alpha value is -3.15. The quantitative estimate of drug-likeness (QED) is 0.0262.